The van der Waals surface area contributed by atoms with Crippen molar-refractivity contribution in [3.63, 3.8) is 0 Å². The third-order valence-corrected chi connectivity index (χ3v) is 7.86. The third kappa shape index (κ3) is 1.21. The fourth-order valence-corrected chi connectivity index (χ4v) is 7.84. The van der Waals surface area contributed by atoms with E-state index in [1.54, 1.807) is 18.9 Å². The molecule has 0 aliphatic heterocycles. The second-order valence-corrected chi connectivity index (χ2v) is 11.0. The number of hydrogen-bond donors (Lipinski definition) is 0. The fraction of sp³-hybridized carbons (Fsp3) is 1.00. The summed E-state index contributed by atoms with van der Waals surface area (Å²) >= 11 is 0. The lowest BCUT2D eigenvalue weighted by atomic mass is 9.77. The highest BCUT2D eigenvalue weighted by Crippen LogP contribution is 2.82. The molecule has 0 N–H and O–H groups in total. The lowest BCUT2D eigenvalue weighted by Gasteiger charge is -2.30. The van der Waals surface area contributed by atoms with E-state index in [1.807, 2.05) is 0 Å². The van der Waals surface area contributed by atoms with Crippen LogP contribution in [0.4, 0.5) is 0 Å². The Balaban J connectivity index is 1.80. The van der Waals surface area contributed by atoms with Gasteiger partial charge in [-0.15, -0.1) is 0 Å². The van der Waals surface area contributed by atoms with E-state index in [-0.39, 0.29) is 8.80 Å². The Labute approximate surface area is 103 Å². The molecule has 4 unspecified atom stereocenters. The summed E-state index contributed by atoms with van der Waals surface area (Å²) in [7, 11) is -0.345. The van der Waals surface area contributed by atoms with Crippen LogP contribution in [0.15, 0.2) is 0 Å². The molecule has 2 bridgehead atoms. The molecular weight excluding hydrogens is 208 g/mol. The Kier molecular flexibility index (Phi) is 2.38. The number of hydrogen-bond acceptors (Lipinski definition) is 0. The van der Waals surface area contributed by atoms with Gasteiger partial charge in [-0.25, -0.2) is 0 Å². The summed E-state index contributed by atoms with van der Waals surface area (Å²) in [5, 5.41) is 0. The van der Waals surface area contributed by atoms with E-state index in [9.17, 15) is 0 Å². The quantitative estimate of drug-likeness (QED) is 0.649. The Morgan fingerprint density at radius 3 is 2.56 bits per heavy atom. The normalized spacial score (nSPS) is 53.8. The summed E-state index contributed by atoms with van der Waals surface area (Å²) in [5.41, 5.74) is 0.872. The maximum absolute atomic E-state index is 2.57. The predicted octanol–water partition coefficient (Wildman–Crippen LogP) is 4.04. The topological polar surface area (TPSA) is 0 Å². The molecule has 16 heavy (non-hydrogen) atoms. The van der Waals surface area contributed by atoms with Gasteiger partial charge in [-0.2, -0.15) is 0 Å². The molecule has 0 aromatic rings. The van der Waals surface area contributed by atoms with Crippen LogP contribution in [0.2, 0.25) is 19.1 Å². The Bertz CT molecular complexity index is 292. The van der Waals surface area contributed by atoms with Crippen molar-refractivity contribution in [2.45, 2.75) is 52.8 Å². The maximum atomic E-state index is 2.57. The number of fused-ring (bicyclic) bond motifs is 1. The average molecular weight is 236 g/mol. The molecule has 0 aromatic carbocycles. The summed E-state index contributed by atoms with van der Waals surface area (Å²) in [6.45, 7) is 12.6. The van der Waals surface area contributed by atoms with Gasteiger partial charge in [-0.1, -0.05) is 39.9 Å². The highest BCUT2D eigenvalue weighted by molar-refractivity contribution is 6.55. The minimum Gasteiger partial charge on any atom is -0.0722 e. The molecule has 6 atom stereocenters. The summed E-state index contributed by atoms with van der Waals surface area (Å²) in [6.07, 6.45) is 3.22. The average Bonchev–Trinajstić information content (AvgIpc) is 2.58. The van der Waals surface area contributed by atoms with Gasteiger partial charge in [-0.05, 0) is 53.8 Å². The van der Waals surface area contributed by atoms with Crippen LogP contribution >= 0.6 is 0 Å². The van der Waals surface area contributed by atoms with Crippen LogP contribution in [0.5, 0.6) is 0 Å². The Morgan fingerprint density at radius 2 is 2.00 bits per heavy atom. The van der Waals surface area contributed by atoms with E-state index in [2.05, 4.69) is 33.9 Å². The van der Waals surface area contributed by atoms with E-state index in [0.717, 1.165) is 40.9 Å². The maximum Gasteiger partial charge on any atom is 0.0308 e. The first-order chi connectivity index (χ1) is 7.48. The molecule has 3 saturated carbocycles. The van der Waals surface area contributed by atoms with Gasteiger partial charge in [0.1, 0.15) is 0 Å². The summed E-state index contributed by atoms with van der Waals surface area (Å²) in [6, 6.07) is 1.64. The summed E-state index contributed by atoms with van der Waals surface area (Å²) < 4.78 is 0. The van der Waals surface area contributed by atoms with Gasteiger partial charge in [0.05, 0.1) is 0 Å². The summed E-state index contributed by atoms with van der Waals surface area (Å²) in [4.78, 5) is 0. The zero-order chi connectivity index (χ0) is 11.7. The largest absolute Gasteiger partial charge is 0.0722 e. The van der Waals surface area contributed by atoms with Gasteiger partial charge in [0.2, 0.25) is 0 Å². The third-order valence-electron chi connectivity index (χ3n) is 6.35. The zero-order valence-electron chi connectivity index (χ0n) is 11.7. The van der Waals surface area contributed by atoms with Gasteiger partial charge in [0, 0.05) is 8.80 Å². The lowest BCUT2D eigenvalue weighted by Crippen LogP contribution is -2.25. The van der Waals surface area contributed by atoms with Crippen LogP contribution < -0.4 is 0 Å². The van der Waals surface area contributed by atoms with Crippen LogP contribution in [0.3, 0.4) is 0 Å². The molecule has 3 rings (SSSR count). The molecule has 0 saturated heterocycles. The molecular formula is C15H28Si. The molecule has 3 aliphatic rings. The van der Waals surface area contributed by atoms with E-state index < -0.39 is 0 Å². The summed E-state index contributed by atoms with van der Waals surface area (Å²) in [5.74, 6) is 6.54. The van der Waals surface area contributed by atoms with Crippen LogP contribution in [0, 0.1) is 40.9 Å². The molecule has 0 heterocycles. The second-order valence-electron chi connectivity index (χ2n) is 7.77. The van der Waals surface area contributed by atoms with E-state index in [4.69, 9.17) is 0 Å². The van der Waals surface area contributed by atoms with Crippen LogP contribution in [0.1, 0.15) is 33.6 Å². The van der Waals surface area contributed by atoms with Gasteiger partial charge in [-0.3, -0.25) is 0 Å². The molecule has 1 heteroatoms. The van der Waals surface area contributed by atoms with Crippen LogP contribution in [-0.2, 0) is 0 Å². The highest BCUT2D eigenvalue weighted by Gasteiger charge is 2.76. The van der Waals surface area contributed by atoms with Crippen molar-refractivity contribution in [2.24, 2.45) is 40.9 Å². The molecule has 0 aromatic heterocycles. The van der Waals surface area contributed by atoms with Crippen molar-refractivity contribution >= 4 is 8.80 Å². The Morgan fingerprint density at radius 1 is 1.31 bits per heavy atom. The van der Waals surface area contributed by atoms with Crippen molar-refractivity contribution in [3.05, 3.63) is 0 Å². The predicted molar refractivity (Wildman–Crippen MR) is 73.3 cm³/mol. The Hall–Kier alpha value is 0.217. The van der Waals surface area contributed by atoms with Crippen molar-refractivity contribution in [2.75, 3.05) is 0 Å². The van der Waals surface area contributed by atoms with Gasteiger partial charge in [0.25, 0.3) is 0 Å². The second kappa shape index (κ2) is 3.37. The van der Waals surface area contributed by atoms with Gasteiger partial charge < -0.3 is 0 Å². The first kappa shape index (κ1) is 11.3. The van der Waals surface area contributed by atoms with E-state index >= 15 is 0 Å². The molecule has 3 aliphatic carbocycles. The zero-order valence-corrected chi connectivity index (χ0v) is 12.8. The van der Waals surface area contributed by atoms with Crippen LogP contribution in [-0.4, -0.2) is 8.80 Å². The van der Waals surface area contributed by atoms with Crippen molar-refractivity contribution < 1.29 is 0 Å². The molecule has 92 valence electrons. The van der Waals surface area contributed by atoms with Crippen molar-refractivity contribution in [1.82, 2.24) is 0 Å². The molecule has 0 nitrogen and oxygen atoms in total. The molecule has 0 radical (unpaired) electrons. The molecule has 1 spiro atoms. The van der Waals surface area contributed by atoms with E-state index in [1.165, 1.54) is 0 Å². The van der Waals surface area contributed by atoms with Gasteiger partial charge >= 0.3 is 0 Å². The fourth-order valence-electron chi connectivity index (χ4n) is 6.07. The van der Waals surface area contributed by atoms with Crippen LogP contribution in [0.25, 0.3) is 0 Å². The minimum absolute atomic E-state index is 0.345. The minimum atomic E-state index is -0.345. The molecule has 3 fully saturated rings. The molecule has 0 amide bonds. The van der Waals surface area contributed by atoms with Gasteiger partial charge in [0.15, 0.2) is 0 Å². The standard InChI is InChI=1S/C15H28Si/c1-9(2)13-11-6-12(8-16(4)5)15(7-11)10(3)14(13)15/h9-14,16H,6-8H2,1-5H3/t10?,11-,12?,13?,14?,15-/m1/s1. The van der Waals surface area contributed by atoms with Crippen molar-refractivity contribution in [1.29, 1.82) is 0 Å². The van der Waals surface area contributed by atoms with E-state index in [0.29, 0.717) is 0 Å². The SMILES string of the molecule is CC(C)C1C2C(C)[C@@]23C[C@H]1CC3C[SiH](C)C. The monoisotopic (exact) mass is 236 g/mol. The highest BCUT2D eigenvalue weighted by atomic mass is 28.3. The first-order valence-corrected chi connectivity index (χ1v) is 10.6. The first-order valence-electron chi connectivity index (χ1n) is 7.48. The smallest absolute Gasteiger partial charge is 0.0308 e. The number of rotatable bonds is 3. The van der Waals surface area contributed by atoms with Crippen molar-refractivity contribution in [3.8, 4) is 0 Å². The lowest BCUT2D eigenvalue weighted by molar-refractivity contribution is 0.204.